The second kappa shape index (κ2) is 4.13. The van der Waals surface area contributed by atoms with Crippen LogP contribution in [0.25, 0.3) is 0 Å². The lowest BCUT2D eigenvalue weighted by atomic mass is 10.1. The third-order valence-corrected chi connectivity index (χ3v) is 2.70. The number of hydrogen-bond acceptors (Lipinski definition) is 2. The van der Waals surface area contributed by atoms with E-state index in [4.69, 9.17) is 0 Å². The van der Waals surface area contributed by atoms with E-state index in [1.807, 2.05) is 6.20 Å². The van der Waals surface area contributed by atoms with Gasteiger partial charge in [-0.2, -0.15) is 5.10 Å². The van der Waals surface area contributed by atoms with Crippen molar-refractivity contribution in [1.82, 2.24) is 15.1 Å². The largest absolute Gasteiger partial charge is 0.309 e. The fraction of sp³-hybridized carbons (Fsp3) is 0.727. The minimum atomic E-state index is 0.538. The molecule has 2 rings (SSSR count). The molecule has 1 saturated heterocycles. The van der Waals surface area contributed by atoms with Crippen LogP contribution >= 0.6 is 0 Å². The minimum absolute atomic E-state index is 0.538. The van der Waals surface area contributed by atoms with Gasteiger partial charge in [0.1, 0.15) is 0 Å². The number of nitrogens with one attached hydrogen (secondary N) is 1. The zero-order valence-corrected chi connectivity index (χ0v) is 9.03. The highest BCUT2D eigenvalue weighted by Crippen LogP contribution is 2.22. The molecule has 0 bridgehead atoms. The Labute approximate surface area is 85.5 Å². The van der Waals surface area contributed by atoms with Crippen molar-refractivity contribution < 1.29 is 0 Å². The van der Waals surface area contributed by atoms with Crippen LogP contribution in [0.4, 0.5) is 0 Å². The fourth-order valence-electron chi connectivity index (χ4n) is 2.07. The van der Waals surface area contributed by atoms with Crippen molar-refractivity contribution in [3.8, 4) is 0 Å². The van der Waals surface area contributed by atoms with Crippen molar-refractivity contribution in [3.63, 3.8) is 0 Å². The lowest BCUT2D eigenvalue weighted by molar-refractivity contribution is 0.447. The number of rotatable bonds is 3. The molecular weight excluding hydrogens is 174 g/mol. The van der Waals surface area contributed by atoms with Crippen LogP contribution in [0.2, 0.25) is 0 Å². The lowest BCUT2D eigenvalue weighted by Crippen LogP contribution is -2.19. The molecule has 0 saturated carbocycles. The molecule has 1 aliphatic rings. The molecule has 3 heteroatoms. The van der Waals surface area contributed by atoms with Gasteiger partial charge >= 0.3 is 0 Å². The van der Waals surface area contributed by atoms with Gasteiger partial charge in [0.15, 0.2) is 0 Å². The molecule has 0 unspecified atom stereocenters. The van der Waals surface area contributed by atoms with Crippen LogP contribution in [0.3, 0.4) is 0 Å². The molecule has 0 spiro atoms. The minimum Gasteiger partial charge on any atom is -0.309 e. The predicted octanol–water partition coefficient (Wildman–Crippen LogP) is 1.96. The molecule has 1 atom stereocenters. The van der Waals surface area contributed by atoms with Gasteiger partial charge in [0, 0.05) is 18.8 Å². The van der Waals surface area contributed by atoms with E-state index in [0.717, 1.165) is 13.1 Å². The first-order valence-electron chi connectivity index (χ1n) is 5.52. The van der Waals surface area contributed by atoms with E-state index in [0.29, 0.717) is 12.0 Å². The van der Waals surface area contributed by atoms with Gasteiger partial charge in [-0.05, 0) is 31.4 Å². The molecule has 0 aliphatic carbocycles. The molecule has 1 fully saturated rings. The smallest absolute Gasteiger partial charge is 0.0553 e. The van der Waals surface area contributed by atoms with E-state index >= 15 is 0 Å². The highest BCUT2D eigenvalue weighted by Gasteiger charge is 2.19. The van der Waals surface area contributed by atoms with Crippen LogP contribution in [-0.4, -0.2) is 16.3 Å². The van der Waals surface area contributed by atoms with E-state index in [2.05, 4.69) is 35.0 Å². The lowest BCUT2D eigenvalue weighted by Gasteiger charge is -2.14. The Kier molecular flexibility index (Phi) is 2.87. The first-order chi connectivity index (χ1) is 6.77. The second-order valence-corrected chi connectivity index (χ2v) is 4.48. The quantitative estimate of drug-likeness (QED) is 0.795. The van der Waals surface area contributed by atoms with Crippen LogP contribution < -0.4 is 5.32 Å². The summed E-state index contributed by atoms with van der Waals surface area (Å²) in [6.07, 6.45) is 4.46. The van der Waals surface area contributed by atoms with Crippen LogP contribution in [0.5, 0.6) is 0 Å². The van der Waals surface area contributed by atoms with Gasteiger partial charge in [-0.3, -0.25) is 4.68 Å². The molecule has 3 nitrogen and oxygen atoms in total. The van der Waals surface area contributed by atoms with E-state index in [-0.39, 0.29) is 0 Å². The average Bonchev–Trinajstić information content (AvgIpc) is 2.70. The third-order valence-electron chi connectivity index (χ3n) is 2.70. The van der Waals surface area contributed by atoms with Gasteiger partial charge in [0.05, 0.1) is 5.69 Å². The summed E-state index contributed by atoms with van der Waals surface area (Å²) in [5.74, 6) is 0.662. The normalized spacial score (nSPS) is 22.1. The molecule has 0 aromatic carbocycles. The first kappa shape index (κ1) is 9.71. The Hall–Kier alpha value is -0.830. The zero-order chi connectivity index (χ0) is 9.97. The van der Waals surface area contributed by atoms with Crippen molar-refractivity contribution in [2.75, 3.05) is 6.54 Å². The first-order valence-corrected chi connectivity index (χ1v) is 5.52. The topological polar surface area (TPSA) is 29.9 Å². The number of aromatic nitrogens is 2. The average molecular weight is 193 g/mol. The van der Waals surface area contributed by atoms with E-state index in [1.165, 1.54) is 18.5 Å². The predicted molar refractivity (Wildman–Crippen MR) is 57.0 cm³/mol. The highest BCUT2D eigenvalue weighted by molar-refractivity contribution is 5.08. The van der Waals surface area contributed by atoms with Crippen LogP contribution in [-0.2, 0) is 6.54 Å². The SMILES string of the molecule is CC(C)Cn1nccc1[C@H]1CCCN1. The summed E-state index contributed by atoms with van der Waals surface area (Å²) in [5.41, 5.74) is 1.36. The molecular formula is C11H19N3. The fourth-order valence-corrected chi connectivity index (χ4v) is 2.07. The number of hydrogen-bond donors (Lipinski definition) is 1. The third kappa shape index (κ3) is 1.98. The van der Waals surface area contributed by atoms with E-state index in [1.54, 1.807) is 0 Å². The maximum absolute atomic E-state index is 4.38. The van der Waals surface area contributed by atoms with Crippen molar-refractivity contribution in [1.29, 1.82) is 0 Å². The van der Waals surface area contributed by atoms with Crippen molar-refractivity contribution in [2.24, 2.45) is 5.92 Å². The molecule has 78 valence electrons. The van der Waals surface area contributed by atoms with Crippen LogP contribution in [0.15, 0.2) is 12.3 Å². The van der Waals surface area contributed by atoms with Crippen LogP contribution in [0.1, 0.15) is 38.4 Å². The standard InChI is InChI=1S/C11H19N3/c1-9(2)8-14-11(5-7-13-14)10-4-3-6-12-10/h5,7,9-10,12H,3-4,6,8H2,1-2H3/t10-/m1/s1. The highest BCUT2D eigenvalue weighted by atomic mass is 15.3. The molecule has 0 amide bonds. The monoisotopic (exact) mass is 193 g/mol. The Bertz CT molecular complexity index is 284. The summed E-state index contributed by atoms with van der Waals surface area (Å²) in [5, 5.41) is 7.89. The molecule has 0 radical (unpaired) electrons. The van der Waals surface area contributed by atoms with Gasteiger partial charge < -0.3 is 5.32 Å². The molecule has 2 heterocycles. The van der Waals surface area contributed by atoms with Gasteiger partial charge in [-0.1, -0.05) is 13.8 Å². The van der Waals surface area contributed by atoms with E-state index in [9.17, 15) is 0 Å². The summed E-state index contributed by atoms with van der Waals surface area (Å²) in [4.78, 5) is 0. The maximum atomic E-state index is 4.38. The molecule has 1 N–H and O–H groups in total. The molecule has 1 aliphatic heterocycles. The Morgan fingerprint density at radius 1 is 1.64 bits per heavy atom. The maximum Gasteiger partial charge on any atom is 0.0553 e. The van der Waals surface area contributed by atoms with Crippen molar-refractivity contribution in [3.05, 3.63) is 18.0 Å². The second-order valence-electron chi connectivity index (χ2n) is 4.48. The summed E-state index contributed by atoms with van der Waals surface area (Å²) in [6.45, 7) is 6.64. The van der Waals surface area contributed by atoms with Gasteiger partial charge in [-0.25, -0.2) is 0 Å². The zero-order valence-electron chi connectivity index (χ0n) is 9.03. The Morgan fingerprint density at radius 2 is 2.50 bits per heavy atom. The molecule has 14 heavy (non-hydrogen) atoms. The van der Waals surface area contributed by atoms with Crippen molar-refractivity contribution in [2.45, 2.75) is 39.3 Å². The van der Waals surface area contributed by atoms with Gasteiger partial charge in [0.2, 0.25) is 0 Å². The summed E-state index contributed by atoms with van der Waals surface area (Å²) < 4.78 is 2.15. The Morgan fingerprint density at radius 3 is 3.14 bits per heavy atom. The van der Waals surface area contributed by atoms with E-state index < -0.39 is 0 Å². The molecule has 1 aromatic heterocycles. The van der Waals surface area contributed by atoms with Gasteiger partial charge in [0.25, 0.3) is 0 Å². The van der Waals surface area contributed by atoms with Crippen molar-refractivity contribution >= 4 is 0 Å². The van der Waals surface area contributed by atoms with Crippen LogP contribution in [0, 0.1) is 5.92 Å². The summed E-state index contributed by atoms with van der Waals surface area (Å²) in [7, 11) is 0. The Balaban J connectivity index is 2.12. The van der Waals surface area contributed by atoms with Gasteiger partial charge in [-0.15, -0.1) is 0 Å². The number of nitrogens with zero attached hydrogens (tertiary/aromatic N) is 2. The molecule has 1 aromatic rings. The summed E-state index contributed by atoms with van der Waals surface area (Å²) in [6, 6.07) is 2.68. The summed E-state index contributed by atoms with van der Waals surface area (Å²) >= 11 is 0.